The molecule has 2 aromatic rings. The Kier molecular flexibility index (Phi) is 7.38. The molecule has 1 unspecified atom stereocenters. The number of fused-ring (bicyclic) bond motifs is 1. The SMILES string of the molecule is CCN(Cc1cccs1)C(=O)C(NS(=O)(=O)c1ccc2c(c1)OCCCO2)C(C)C. The van der Waals surface area contributed by atoms with Crippen LogP contribution in [0.4, 0.5) is 0 Å². The van der Waals surface area contributed by atoms with Crippen molar-refractivity contribution in [2.24, 2.45) is 5.92 Å². The van der Waals surface area contributed by atoms with Gasteiger partial charge in [-0.1, -0.05) is 19.9 Å². The molecule has 30 heavy (non-hydrogen) atoms. The third kappa shape index (κ3) is 5.33. The Hall–Kier alpha value is -2.10. The van der Waals surface area contributed by atoms with Crippen molar-refractivity contribution in [1.82, 2.24) is 9.62 Å². The van der Waals surface area contributed by atoms with Crippen molar-refractivity contribution in [3.8, 4) is 11.5 Å². The Morgan fingerprint density at radius 3 is 2.57 bits per heavy atom. The summed E-state index contributed by atoms with van der Waals surface area (Å²) in [5.74, 6) is 0.468. The van der Waals surface area contributed by atoms with Crippen molar-refractivity contribution >= 4 is 27.3 Å². The fourth-order valence-electron chi connectivity index (χ4n) is 3.15. The molecule has 1 aromatic heterocycles. The average Bonchev–Trinajstić information content (AvgIpc) is 3.12. The minimum atomic E-state index is -3.93. The van der Waals surface area contributed by atoms with E-state index in [9.17, 15) is 13.2 Å². The normalized spacial score (nSPS) is 14.9. The van der Waals surface area contributed by atoms with Crippen LogP contribution in [0.2, 0.25) is 0 Å². The first-order valence-electron chi connectivity index (χ1n) is 10.0. The summed E-state index contributed by atoms with van der Waals surface area (Å²) in [6.07, 6.45) is 0.732. The molecule has 0 spiro atoms. The minimum Gasteiger partial charge on any atom is -0.490 e. The van der Waals surface area contributed by atoms with Crippen LogP contribution in [-0.4, -0.2) is 45.0 Å². The van der Waals surface area contributed by atoms with Crippen LogP contribution in [0.3, 0.4) is 0 Å². The molecule has 1 aromatic carbocycles. The minimum absolute atomic E-state index is 0.0477. The van der Waals surface area contributed by atoms with Gasteiger partial charge in [-0.3, -0.25) is 4.79 Å². The number of amides is 1. The van der Waals surface area contributed by atoms with Gasteiger partial charge >= 0.3 is 0 Å². The smallest absolute Gasteiger partial charge is 0.241 e. The lowest BCUT2D eigenvalue weighted by Crippen LogP contribution is -2.50. The van der Waals surface area contributed by atoms with Crippen LogP contribution < -0.4 is 14.2 Å². The highest BCUT2D eigenvalue weighted by Crippen LogP contribution is 2.32. The predicted molar refractivity (Wildman–Crippen MR) is 116 cm³/mol. The summed E-state index contributed by atoms with van der Waals surface area (Å²) < 4.78 is 39.9. The molecule has 0 aliphatic carbocycles. The Balaban J connectivity index is 1.81. The highest BCUT2D eigenvalue weighted by Gasteiger charge is 2.32. The van der Waals surface area contributed by atoms with Crippen molar-refractivity contribution in [2.45, 2.75) is 44.7 Å². The maximum atomic E-state index is 13.2. The molecule has 7 nitrogen and oxygen atoms in total. The molecule has 2 heterocycles. The number of nitrogens with one attached hydrogen (secondary N) is 1. The highest BCUT2D eigenvalue weighted by atomic mass is 32.2. The van der Waals surface area contributed by atoms with Crippen molar-refractivity contribution in [1.29, 1.82) is 0 Å². The number of carbonyl (C=O) groups excluding carboxylic acids is 1. The molecular weight excluding hydrogens is 424 g/mol. The largest absolute Gasteiger partial charge is 0.490 e. The Bertz CT molecular complexity index is 958. The fourth-order valence-corrected chi connectivity index (χ4v) is 5.22. The summed E-state index contributed by atoms with van der Waals surface area (Å²) in [7, 11) is -3.93. The number of rotatable bonds is 8. The van der Waals surface area contributed by atoms with Gasteiger partial charge in [0.1, 0.15) is 6.04 Å². The van der Waals surface area contributed by atoms with E-state index in [1.54, 1.807) is 22.3 Å². The van der Waals surface area contributed by atoms with Crippen LogP contribution in [0.1, 0.15) is 32.1 Å². The van der Waals surface area contributed by atoms with Crippen LogP contribution in [0.5, 0.6) is 11.5 Å². The monoisotopic (exact) mass is 452 g/mol. The first kappa shape index (κ1) is 22.6. The summed E-state index contributed by atoms with van der Waals surface area (Å²) in [5, 5.41) is 1.96. The molecule has 1 aliphatic rings. The van der Waals surface area contributed by atoms with Crippen molar-refractivity contribution in [3.05, 3.63) is 40.6 Å². The van der Waals surface area contributed by atoms with Crippen LogP contribution in [0, 0.1) is 5.92 Å². The lowest BCUT2D eigenvalue weighted by molar-refractivity contribution is -0.134. The number of carbonyl (C=O) groups is 1. The van der Waals surface area contributed by atoms with Gasteiger partial charge in [-0.25, -0.2) is 8.42 Å². The van der Waals surface area contributed by atoms with Crippen LogP contribution in [0.15, 0.2) is 40.6 Å². The van der Waals surface area contributed by atoms with Gasteiger partial charge < -0.3 is 14.4 Å². The Labute approximate surface area is 182 Å². The van der Waals surface area contributed by atoms with Gasteiger partial charge in [-0.2, -0.15) is 4.72 Å². The van der Waals surface area contributed by atoms with Crippen molar-refractivity contribution < 1.29 is 22.7 Å². The number of likely N-dealkylation sites (N-methyl/N-ethyl adjacent to an activating group) is 1. The van der Waals surface area contributed by atoms with Crippen molar-refractivity contribution in [2.75, 3.05) is 19.8 Å². The maximum Gasteiger partial charge on any atom is 0.241 e. The van der Waals surface area contributed by atoms with Crippen molar-refractivity contribution in [3.63, 3.8) is 0 Å². The second kappa shape index (κ2) is 9.80. The molecule has 0 bridgehead atoms. The van der Waals surface area contributed by atoms with E-state index >= 15 is 0 Å². The number of hydrogen-bond donors (Lipinski definition) is 1. The fraction of sp³-hybridized carbons (Fsp3) is 0.476. The molecule has 164 valence electrons. The number of nitrogens with zero attached hydrogens (tertiary/aromatic N) is 1. The molecule has 0 fully saturated rings. The van der Waals surface area contributed by atoms with Crippen LogP contribution in [-0.2, 0) is 21.4 Å². The van der Waals surface area contributed by atoms with Gasteiger partial charge in [0.2, 0.25) is 15.9 Å². The molecule has 1 aliphatic heterocycles. The third-order valence-corrected chi connectivity index (χ3v) is 7.16. The summed E-state index contributed by atoms with van der Waals surface area (Å²) in [4.78, 5) is 16.0. The van der Waals surface area contributed by atoms with E-state index in [2.05, 4.69) is 4.72 Å². The van der Waals surface area contributed by atoms with E-state index in [4.69, 9.17) is 9.47 Å². The third-order valence-electron chi connectivity index (χ3n) is 4.86. The van der Waals surface area contributed by atoms with Gasteiger partial charge in [0.25, 0.3) is 0 Å². The molecule has 0 saturated carbocycles. The molecule has 0 saturated heterocycles. The number of thiophene rings is 1. The highest BCUT2D eigenvalue weighted by molar-refractivity contribution is 7.89. The van der Waals surface area contributed by atoms with Gasteiger partial charge in [-0.15, -0.1) is 11.3 Å². The van der Waals surface area contributed by atoms with Gasteiger partial charge in [0.15, 0.2) is 11.5 Å². The van der Waals surface area contributed by atoms with E-state index in [0.717, 1.165) is 11.3 Å². The summed E-state index contributed by atoms with van der Waals surface area (Å²) in [6, 6.07) is 7.55. The topological polar surface area (TPSA) is 84.9 Å². The molecule has 3 rings (SSSR count). The van der Waals surface area contributed by atoms with Crippen LogP contribution >= 0.6 is 11.3 Å². The number of hydrogen-bond acceptors (Lipinski definition) is 6. The van der Waals surface area contributed by atoms with E-state index in [-0.39, 0.29) is 16.7 Å². The molecule has 1 amide bonds. The lowest BCUT2D eigenvalue weighted by atomic mass is 10.0. The molecule has 1 atom stereocenters. The predicted octanol–water partition coefficient (Wildman–Crippen LogP) is 3.26. The summed E-state index contributed by atoms with van der Waals surface area (Å²) >= 11 is 1.57. The van der Waals surface area contributed by atoms with Crippen LogP contribution in [0.25, 0.3) is 0 Å². The first-order chi connectivity index (χ1) is 14.3. The quantitative estimate of drug-likeness (QED) is 0.665. The molecular formula is C21H28N2O5S2. The molecule has 9 heteroatoms. The average molecular weight is 453 g/mol. The van der Waals surface area contributed by atoms with Gasteiger partial charge in [0, 0.05) is 23.9 Å². The second-order valence-electron chi connectivity index (χ2n) is 7.43. The number of ether oxygens (including phenoxy) is 2. The summed E-state index contributed by atoms with van der Waals surface area (Å²) in [6.45, 7) is 7.49. The molecule has 1 N–H and O–H groups in total. The Morgan fingerprint density at radius 1 is 1.20 bits per heavy atom. The van der Waals surface area contributed by atoms with E-state index in [1.165, 1.54) is 12.1 Å². The van der Waals surface area contributed by atoms with Gasteiger partial charge in [-0.05, 0) is 36.4 Å². The number of sulfonamides is 1. The standard InChI is InChI=1S/C21H28N2O5S2/c1-4-23(14-16-7-5-12-29-16)21(24)20(15(2)3)22-30(25,26)17-8-9-18-19(13-17)28-11-6-10-27-18/h5,7-9,12-13,15,20,22H,4,6,10-11,14H2,1-3H3. The Morgan fingerprint density at radius 2 is 1.93 bits per heavy atom. The van der Waals surface area contributed by atoms with E-state index < -0.39 is 16.1 Å². The van der Waals surface area contributed by atoms with Gasteiger partial charge in [0.05, 0.1) is 24.7 Å². The zero-order valence-electron chi connectivity index (χ0n) is 17.5. The first-order valence-corrected chi connectivity index (χ1v) is 12.4. The van der Waals surface area contributed by atoms with E-state index in [1.807, 2.05) is 38.3 Å². The lowest BCUT2D eigenvalue weighted by Gasteiger charge is -2.28. The zero-order chi connectivity index (χ0) is 21.7. The number of benzene rings is 1. The summed E-state index contributed by atoms with van der Waals surface area (Å²) in [5.41, 5.74) is 0. The maximum absolute atomic E-state index is 13.2. The zero-order valence-corrected chi connectivity index (χ0v) is 19.1. The van der Waals surface area contributed by atoms with E-state index in [0.29, 0.717) is 37.8 Å². The second-order valence-corrected chi connectivity index (χ2v) is 10.2. The molecule has 0 radical (unpaired) electrons.